The molecule has 1 saturated heterocycles. The molecule has 0 unspecified atom stereocenters. The highest BCUT2D eigenvalue weighted by Gasteiger charge is 2.17. The molecular weight excluding hydrogens is 366 g/mol. The van der Waals surface area contributed by atoms with E-state index in [-0.39, 0.29) is 12.2 Å². The molecule has 29 heavy (non-hydrogen) atoms. The summed E-state index contributed by atoms with van der Waals surface area (Å²) >= 11 is 0. The first-order chi connectivity index (χ1) is 14.2. The van der Waals surface area contributed by atoms with Crippen LogP contribution in [-0.4, -0.2) is 57.6 Å². The lowest BCUT2D eigenvalue weighted by Gasteiger charge is -2.11. The highest BCUT2D eigenvalue weighted by molar-refractivity contribution is 6.04. The van der Waals surface area contributed by atoms with Gasteiger partial charge in [-0.2, -0.15) is 5.10 Å². The minimum atomic E-state index is -0.0917. The van der Waals surface area contributed by atoms with Crippen LogP contribution in [0.2, 0.25) is 0 Å². The number of nitrogens with one attached hydrogen (secondary N) is 1. The number of fused-ring (bicyclic) bond motifs is 3. The van der Waals surface area contributed by atoms with Crippen molar-refractivity contribution >= 4 is 21.8 Å². The van der Waals surface area contributed by atoms with E-state index < -0.39 is 0 Å². The number of aliphatic hydroxyl groups excluding tert-OH is 1. The molecule has 0 saturated carbocycles. The molecule has 4 rings (SSSR count). The highest BCUT2D eigenvalue weighted by atomic mass is 16.3. The average Bonchev–Trinajstić information content (AvgIpc) is 3.39. The lowest BCUT2D eigenvalue weighted by molar-refractivity contribution is 0.298. The van der Waals surface area contributed by atoms with Gasteiger partial charge >= 0.3 is 0 Å². The number of aromatic nitrogens is 3. The van der Waals surface area contributed by atoms with Gasteiger partial charge in [-0.25, -0.2) is 0 Å². The van der Waals surface area contributed by atoms with E-state index in [2.05, 4.69) is 26.9 Å². The number of hydrogen-bond donors (Lipinski definition) is 3. The van der Waals surface area contributed by atoms with Gasteiger partial charge in [0.15, 0.2) is 0 Å². The van der Waals surface area contributed by atoms with Crippen LogP contribution in [-0.2, 0) is 13.0 Å². The molecule has 7 nitrogen and oxygen atoms in total. The predicted octanol–water partition coefficient (Wildman–Crippen LogP) is 1.21. The number of aromatic amines is 1. The normalized spacial score (nSPS) is 14.6. The molecule has 1 fully saturated rings. The second kappa shape index (κ2) is 8.78. The summed E-state index contributed by atoms with van der Waals surface area (Å²) in [7, 11) is 0. The van der Waals surface area contributed by atoms with Crippen molar-refractivity contribution in [2.24, 2.45) is 5.73 Å². The van der Waals surface area contributed by atoms with Crippen molar-refractivity contribution in [1.82, 2.24) is 19.7 Å². The number of H-pyrrole nitrogens is 1. The molecule has 3 heterocycles. The maximum absolute atomic E-state index is 13.2. The predicted molar refractivity (Wildman–Crippen MR) is 115 cm³/mol. The van der Waals surface area contributed by atoms with Gasteiger partial charge < -0.3 is 15.4 Å². The van der Waals surface area contributed by atoms with Gasteiger partial charge in [0.05, 0.1) is 23.1 Å². The molecule has 0 atom stereocenters. The number of benzene rings is 1. The Balaban J connectivity index is 1.81. The Hall–Kier alpha value is -2.66. The van der Waals surface area contributed by atoms with Crippen molar-refractivity contribution < 1.29 is 5.11 Å². The van der Waals surface area contributed by atoms with E-state index in [4.69, 9.17) is 5.73 Å². The summed E-state index contributed by atoms with van der Waals surface area (Å²) in [5, 5.41) is 18.1. The van der Waals surface area contributed by atoms with Crippen LogP contribution in [0.1, 0.15) is 30.5 Å². The van der Waals surface area contributed by atoms with Gasteiger partial charge in [-0.15, -0.1) is 0 Å². The fourth-order valence-electron chi connectivity index (χ4n) is 4.04. The van der Waals surface area contributed by atoms with Crippen LogP contribution in [0.5, 0.6) is 0 Å². The summed E-state index contributed by atoms with van der Waals surface area (Å²) in [5.74, 6) is 6.53. The molecule has 0 aliphatic carbocycles. The molecule has 0 bridgehead atoms. The molecule has 1 aliphatic heterocycles. The summed E-state index contributed by atoms with van der Waals surface area (Å²) in [6.45, 7) is 4.06. The zero-order chi connectivity index (χ0) is 20.2. The molecule has 1 aliphatic rings. The van der Waals surface area contributed by atoms with Gasteiger partial charge in [0, 0.05) is 30.5 Å². The van der Waals surface area contributed by atoms with Crippen LogP contribution >= 0.6 is 0 Å². The van der Waals surface area contributed by atoms with Gasteiger partial charge in [0.2, 0.25) is 0 Å². The summed E-state index contributed by atoms with van der Waals surface area (Å²) in [6, 6.07) is 5.92. The van der Waals surface area contributed by atoms with E-state index in [1.807, 2.05) is 18.2 Å². The number of hydrogen-bond acceptors (Lipinski definition) is 5. The van der Waals surface area contributed by atoms with Gasteiger partial charge in [-0.3, -0.25) is 14.8 Å². The Morgan fingerprint density at radius 2 is 2.10 bits per heavy atom. The van der Waals surface area contributed by atoms with E-state index in [9.17, 15) is 9.90 Å². The molecular formula is C22H27N5O2. The number of likely N-dealkylation sites (tertiary alicyclic amines) is 1. The Labute approximate surface area is 169 Å². The highest BCUT2D eigenvalue weighted by Crippen LogP contribution is 2.24. The van der Waals surface area contributed by atoms with Crippen LogP contribution in [0.4, 0.5) is 0 Å². The lowest BCUT2D eigenvalue weighted by atomic mass is 10.1. The Bertz CT molecular complexity index is 1130. The lowest BCUT2D eigenvalue weighted by Crippen LogP contribution is -2.23. The van der Waals surface area contributed by atoms with E-state index in [0.29, 0.717) is 42.5 Å². The Kier molecular flexibility index (Phi) is 5.95. The first-order valence-electron chi connectivity index (χ1n) is 10.3. The quantitative estimate of drug-likeness (QED) is 0.547. The van der Waals surface area contributed by atoms with E-state index in [0.717, 1.165) is 36.1 Å². The third-order valence-electron chi connectivity index (χ3n) is 5.52. The fourth-order valence-corrected chi connectivity index (χ4v) is 4.04. The smallest absolute Gasteiger partial charge is 0.262 e. The van der Waals surface area contributed by atoms with Crippen LogP contribution in [0.15, 0.2) is 23.0 Å². The Morgan fingerprint density at radius 1 is 1.28 bits per heavy atom. The Morgan fingerprint density at radius 3 is 2.86 bits per heavy atom. The summed E-state index contributed by atoms with van der Waals surface area (Å²) in [6.07, 6.45) is 3.59. The van der Waals surface area contributed by atoms with Crippen molar-refractivity contribution in [2.75, 3.05) is 32.8 Å². The van der Waals surface area contributed by atoms with Crippen molar-refractivity contribution in [1.29, 1.82) is 0 Å². The van der Waals surface area contributed by atoms with Crippen LogP contribution in [0.25, 0.3) is 21.8 Å². The molecule has 0 spiro atoms. The van der Waals surface area contributed by atoms with Crippen molar-refractivity contribution in [2.45, 2.75) is 32.2 Å². The van der Waals surface area contributed by atoms with Gasteiger partial charge in [0.1, 0.15) is 5.52 Å². The number of rotatable bonds is 6. The minimum Gasteiger partial charge on any atom is -0.396 e. The first-order valence-corrected chi connectivity index (χ1v) is 10.3. The molecule has 0 amide bonds. The summed E-state index contributed by atoms with van der Waals surface area (Å²) in [5.41, 5.74) is 8.65. The number of nitrogens with two attached hydrogens (primary N) is 1. The van der Waals surface area contributed by atoms with Crippen molar-refractivity contribution in [3.05, 3.63) is 39.8 Å². The van der Waals surface area contributed by atoms with E-state index >= 15 is 0 Å². The number of pyridine rings is 1. The van der Waals surface area contributed by atoms with Crippen LogP contribution in [0, 0.1) is 11.8 Å². The maximum atomic E-state index is 13.2. The van der Waals surface area contributed by atoms with E-state index in [1.165, 1.54) is 12.8 Å². The van der Waals surface area contributed by atoms with Crippen LogP contribution < -0.4 is 11.3 Å². The molecule has 3 aromatic rings. The molecule has 1 aromatic carbocycles. The third kappa shape index (κ3) is 3.92. The molecule has 2 aromatic heterocycles. The zero-order valence-electron chi connectivity index (χ0n) is 16.6. The van der Waals surface area contributed by atoms with Crippen molar-refractivity contribution in [3.8, 4) is 11.8 Å². The number of nitrogens with zero attached hydrogens (tertiary/aromatic N) is 3. The topological polar surface area (TPSA) is 100 Å². The first kappa shape index (κ1) is 19.6. The third-order valence-corrected chi connectivity index (χ3v) is 5.52. The molecule has 152 valence electrons. The van der Waals surface area contributed by atoms with Crippen molar-refractivity contribution in [3.63, 3.8) is 0 Å². The van der Waals surface area contributed by atoms with Crippen LogP contribution in [0.3, 0.4) is 0 Å². The fraction of sp³-hybridized carbons (Fsp3) is 0.455. The molecule has 0 radical (unpaired) electrons. The van der Waals surface area contributed by atoms with Gasteiger partial charge in [-0.1, -0.05) is 11.8 Å². The number of aliphatic hydroxyl groups is 1. The van der Waals surface area contributed by atoms with Gasteiger partial charge in [-0.05, 0) is 57.1 Å². The zero-order valence-corrected chi connectivity index (χ0v) is 16.6. The average molecular weight is 393 g/mol. The molecule has 7 heteroatoms. The maximum Gasteiger partial charge on any atom is 0.262 e. The number of aryl methyl sites for hydroxylation is 1. The standard InChI is InChI=1S/C22H27N5O2/c23-9-4-13-27-19-7-6-16(5-3-12-26-10-1-2-11-26)15-17(19)21-20(22(27)29)18(8-14-28)24-25-21/h6-7,15,28H,1-2,4,8-14,23H2,(H,24,25). The summed E-state index contributed by atoms with van der Waals surface area (Å²) < 4.78 is 1.77. The largest absolute Gasteiger partial charge is 0.396 e. The second-order valence-corrected chi connectivity index (χ2v) is 7.52. The minimum absolute atomic E-state index is 0.0421. The SMILES string of the molecule is NCCCn1c(=O)c2c(CCO)[nH]nc2c2cc(C#CCN3CCCC3)ccc21. The second-order valence-electron chi connectivity index (χ2n) is 7.52. The monoisotopic (exact) mass is 393 g/mol. The van der Waals surface area contributed by atoms with E-state index in [1.54, 1.807) is 4.57 Å². The molecule has 4 N–H and O–H groups in total. The summed E-state index contributed by atoms with van der Waals surface area (Å²) in [4.78, 5) is 15.5. The van der Waals surface area contributed by atoms with Gasteiger partial charge in [0.25, 0.3) is 5.56 Å².